The van der Waals surface area contributed by atoms with E-state index in [0.29, 0.717) is 45.1 Å². The van der Waals surface area contributed by atoms with Gasteiger partial charge in [0.2, 0.25) is 11.8 Å². The second kappa shape index (κ2) is 11.4. The van der Waals surface area contributed by atoms with E-state index in [1.165, 1.54) is 21.3 Å². The van der Waals surface area contributed by atoms with Gasteiger partial charge in [0.05, 0.1) is 50.5 Å². The largest absolute Gasteiger partial charge is 0.497 e. The Labute approximate surface area is 262 Å². The number of hydrogen-bond acceptors (Lipinski definition) is 9. The molecular formula is C35H27N3O8. The normalized spacial score (nSPS) is 11.2. The van der Waals surface area contributed by atoms with Gasteiger partial charge in [-0.15, -0.1) is 0 Å². The van der Waals surface area contributed by atoms with Gasteiger partial charge in [0.15, 0.2) is 0 Å². The van der Waals surface area contributed by atoms with Crippen molar-refractivity contribution < 1.29 is 38.0 Å². The molecule has 0 aliphatic carbocycles. The van der Waals surface area contributed by atoms with Crippen LogP contribution in [0.15, 0.2) is 91.0 Å². The van der Waals surface area contributed by atoms with Crippen molar-refractivity contribution in [3.8, 4) is 34.8 Å². The molecule has 0 N–H and O–H groups in total. The lowest BCUT2D eigenvalue weighted by Crippen LogP contribution is -2.19. The highest BCUT2D eigenvalue weighted by Gasteiger charge is 2.22. The zero-order chi connectivity index (χ0) is 31.9. The van der Waals surface area contributed by atoms with Gasteiger partial charge in [0.1, 0.15) is 23.0 Å². The minimum atomic E-state index is -0.698. The van der Waals surface area contributed by atoms with Crippen molar-refractivity contribution in [2.45, 2.75) is 0 Å². The number of aromatic nitrogens is 3. The fourth-order valence-corrected chi connectivity index (χ4v) is 5.64. The van der Waals surface area contributed by atoms with Gasteiger partial charge in [-0.1, -0.05) is 6.07 Å². The van der Waals surface area contributed by atoms with Gasteiger partial charge in [0.25, 0.3) is 0 Å². The van der Waals surface area contributed by atoms with E-state index in [2.05, 4.69) is 4.98 Å². The van der Waals surface area contributed by atoms with Crippen molar-refractivity contribution in [1.29, 1.82) is 0 Å². The molecule has 230 valence electrons. The molecule has 0 radical (unpaired) electrons. The molecule has 0 amide bonds. The third kappa shape index (κ3) is 4.74. The van der Waals surface area contributed by atoms with Crippen LogP contribution in [-0.4, -0.2) is 54.7 Å². The molecule has 0 fully saturated rings. The molecule has 7 aromatic rings. The van der Waals surface area contributed by atoms with Gasteiger partial charge >= 0.3 is 12.2 Å². The van der Waals surface area contributed by atoms with E-state index in [1.54, 1.807) is 83.0 Å². The second-order valence-electron chi connectivity index (χ2n) is 10.3. The molecular weight excluding hydrogens is 590 g/mol. The molecule has 0 unspecified atom stereocenters. The Kier molecular flexibility index (Phi) is 7.05. The molecule has 0 saturated carbocycles. The summed E-state index contributed by atoms with van der Waals surface area (Å²) in [5.41, 5.74) is 2.43. The highest BCUT2D eigenvalue weighted by molar-refractivity contribution is 6.14. The van der Waals surface area contributed by atoms with Crippen LogP contribution in [0.4, 0.5) is 9.59 Å². The van der Waals surface area contributed by atoms with Gasteiger partial charge in [-0.05, 0) is 72.8 Å². The Balaban J connectivity index is 1.22. The summed E-state index contributed by atoms with van der Waals surface area (Å²) in [6.07, 6.45) is -1.40. The Morgan fingerprint density at radius 3 is 1.07 bits per heavy atom. The van der Waals surface area contributed by atoms with E-state index in [0.717, 1.165) is 21.5 Å². The molecule has 0 aliphatic heterocycles. The van der Waals surface area contributed by atoms with E-state index in [-0.39, 0.29) is 11.8 Å². The minimum Gasteiger partial charge on any atom is -0.497 e. The topological polar surface area (TPSA) is 112 Å². The van der Waals surface area contributed by atoms with Crippen LogP contribution in [-0.2, 0) is 0 Å². The summed E-state index contributed by atoms with van der Waals surface area (Å²) in [5, 5.41) is 3.12. The van der Waals surface area contributed by atoms with Crippen molar-refractivity contribution in [2.75, 3.05) is 28.4 Å². The zero-order valence-electron chi connectivity index (χ0n) is 25.3. The summed E-state index contributed by atoms with van der Waals surface area (Å²) < 4.78 is 36.0. The Morgan fingerprint density at radius 2 is 0.783 bits per heavy atom. The number of rotatable bonds is 6. The maximum atomic E-state index is 13.6. The standard InChI is InChI=1S/C35H27N3O8/c1-41-20-8-12-28-24(16-20)25-17-21(42-2)9-13-29(25)37(28)34(39)45-32-6-5-7-33(36-32)46-35(40)38-30-14-10-22(43-3)18-26(30)27-19-23(44-4)11-15-31(27)38/h5-19H,1-4H3. The van der Waals surface area contributed by atoms with Crippen LogP contribution in [0.1, 0.15) is 0 Å². The van der Waals surface area contributed by atoms with E-state index in [1.807, 2.05) is 24.3 Å². The average molecular weight is 618 g/mol. The summed E-state index contributed by atoms with van der Waals surface area (Å²) in [6, 6.07) is 26.2. The molecule has 4 aromatic carbocycles. The van der Waals surface area contributed by atoms with E-state index >= 15 is 0 Å². The molecule has 3 heterocycles. The van der Waals surface area contributed by atoms with Crippen LogP contribution < -0.4 is 28.4 Å². The van der Waals surface area contributed by atoms with Gasteiger partial charge in [-0.2, -0.15) is 4.98 Å². The summed E-state index contributed by atoms with van der Waals surface area (Å²) in [5.74, 6) is 2.45. The summed E-state index contributed by atoms with van der Waals surface area (Å²) in [6.45, 7) is 0. The van der Waals surface area contributed by atoms with Crippen LogP contribution in [0.2, 0.25) is 0 Å². The summed E-state index contributed by atoms with van der Waals surface area (Å²) in [4.78, 5) is 31.6. The molecule has 3 aromatic heterocycles. The van der Waals surface area contributed by atoms with Gasteiger partial charge in [-0.25, -0.2) is 18.7 Å². The monoisotopic (exact) mass is 617 g/mol. The number of carbonyl (C=O) groups excluding carboxylic acids is 2. The lowest BCUT2D eigenvalue weighted by atomic mass is 10.1. The number of methoxy groups -OCH3 is 4. The smallest absolute Gasteiger partial charge is 0.425 e. The zero-order valence-corrected chi connectivity index (χ0v) is 25.3. The molecule has 0 aliphatic rings. The van der Waals surface area contributed by atoms with Gasteiger partial charge in [-0.3, -0.25) is 0 Å². The Morgan fingerprint density at radius 1 is 0.478 bits per heavy atom. The van der Waals surface area contributed by atoms with Crippen molar-refractivity contribution in [3.05, 3.63) is 91.0 Å². The first-order chi connectivity index (χ1) is 22.4. The lowest BCUT2D eigenvalue weighted by Gasteiger charge is -2.10. The summed E-state index contributed by atoms with van der Waals surface area (Å²) >= 11 is 0. The highest BCUT2D eigenvalue weighted by atomic mass is 16.6. The van der Waals surface area contributed by atoms with Crippen molar-refractivity contribution in [3.63, 3.8) is 0 Å². The first-order valence-corrected chi connectivity index (χ1v) is 14.2. The number of ether oxygens (including phenoxy) is 6. The van der Waals surface area contributed by atoms with Crippen LogP contribution in [0.5, 0.6) is 34.8 Å². The average Bonchev–Trinajstić information content (AvgIpc) is 3.59. The molecule has 0 spiro atoms. The van der Waals surface area contributed by atoms with E-state index in [9.17, 15) is 9.59 Å². The van der Waals surface area contributed by atoms with Crippen LogP contribution in [0.25, 0.3) is 43.6 Å². The van der Waals surface area contributed by atoms with E-state index in [4.69, 9.17) is 28.4 Å². The van der Waals surface area contributed by atoms with Crippen LogP contribution >= 0.6 is 0 Å². The molecule has 0 saturated heterocycles. The van der Waals surface area contributed by atoms with Gasteiger partial charge in [0, 0.05) is 33.7 Å². The number of fused-ring (bicyclic) bond motifs is 6. The van der Waals surface area contributed by atoms with Crippen LogP contribution in [0, 0.1) is 0 Å². The SMILES string of the molecule is COc1ccc2c(c1)c1cc(OC)ccc1n2C(=O)Oc1cccc(OC(=O)n2c3ccc(OC)cc3c3cc(OC)ccc32)n1. The maximum absolute atomic E-state index is 13.6. The Bertz CT molecular complexity index is 2040. The van der Waals surface area contributed by atoms with Crippen molar-refractivity contribution in [2.24, 2.45) is 0 Å². The molecule has 11 heteroatoms. The molecule has 11 nitrogen and oxygen atoms in total. The second-order valence-corrected chi connectivity index (χ2v) is 10.3. The van der Waals surface area contributed by atoms with Crippen molar-refractivity contribution >= 4 is 55.8 Å². The minimum absolute atomic E-state index is 0.0518. The highest BCUT2D eigenvalue weighted by Crippen LogP contribution is 2.36. The third-order valence-electron chi connectivity index (χ3n) is 7.81. The number of nitrogens with zero attached hydrogens (tertiary/aromatic N) is 3. The summed E-state index contributed by atoms with van der Waals surface area (Å²) in [7, 11) is 6.32. The first-order valence-electron chi connectivity index (χ1n) is 14.2. The molecule has 46 heavy (non-hydrogen) atoms. The number of hydrogen-bond donors (Lipinski definition) is 0. The first kappa shape index (κ1) is 28.5. The lowest BCUT2D eigenvalue weighted by molar-refractivity contribution is 0.198. The predicted octanol–water partition coefficient (Wildman–Crippen LogP) is 7.43. The Hall–Kier alpha value is -6.23. The molecule has 0 bridgehead atoms. The third-order valence-corrected chi connectivity index (χ3v) is 7.81. The predicted molar refractivity (Wildman–Crippen MR) is 172 cm³/mol. The van der Waals surface area contributed by atoms with E-state index < -0.39 is 12.2 Å². The number of benzene rings is 4. The maximum Gasteiger partial charge on any atom is 0.425 e. The molecule has 7 rings (SSSR count). The van der Waals surface area contributed by atoms with Gasteiger partial charge < -0.3 is 28.4 Å². The fraction of sp³-hybridized carbons (Fsp3) is 0.114. The fourth-order valence-electron chi connectivity index (χ4n) is 5.64. The quantitative estimate of drug-likeness (QED) is 0.188. The van der Waals surface area contributed by atoms with Crippen molar-refractivity contribution in [1.82, 2.24) is 14.1 Å². The molecule has 0 atom stereocenters. The number of pyridine rings is 1. The number of carbonyl (C=O) groups is 2. The van der Waals surface area contributed by atoms with Crippen LogP contribution in [0.3, 0.4) is 0 Å².